The van der Waals surface area contributed by atoms with Crippen LogP contribution in [0.2, 0.25) is 0 Å². The molecule has 8 nitrogen and oxygen atoms in total. The number of methoxy groups -OCH3 is 1. The molecule has 0 bridgehead atoms. The molecular formula is C20H21N5O3. The number of nitrogens with zero attached hydrogens (tertiary/aromatic N) is 3. The third-order valence-electron chi connectivity index (χ3n) is 4.66. The number of amides is 1. The highest BCUT2D eigenvalue weighted by molar-refractivity contribution is 5.79. The van der Waals surface area contributed by atoms with Gasteiger partial charge in [0.15, 0.2) is 5.82 Å². The van der Waals surface area contributed by atoms with Crippen molar-refractivity contribution in [2.45, 2.75) is 12.8 Å². The normalized spacial score (nSPS) is 15.4. The van der Waals surface area contributed by atoms with Crippen molar-refractivity contribution in [2.24, 2.45) is 5.92 Å². The van der Waals surface area contributed by atoms with Crippen LogP contribution in [-0.4, -0.2) is 46.3 Å². The molecule has 3 aromatic rings. The van der Waals surface area contributed by atoms with Gasteiger partial charge in [0.05, 0.1) is 13.0 Å². The molecule has 0 aliphatic carbocycles. The summed E-state index contributed by atoms with van der Waals surface area (Å²) in [7, 11) is 1.62. The lowest BCUT2D eigenvalue weighted by molar-refractivity contribution is -0.126. The minimum atomic E-state index is -0.222. The number of carbonyl (C=O) groups is 1. The molecule has 0 fully saturated rings. The van der Waals surface area contributed by atoms with Crippen LogP contribution in [-0.2, 0) is 17.6 Å². The quantitative estimate of drug-likeness (QED) is 0.677. The maximum atomic E-state index is 12.5. The Hall–Kier alpha value is -3.42. The van der Waals surface area contributed by atoms with Gasteiger partial charge in [-0.05, 0) is 42.3 Å². The van der Waals surface area contributed by atoms with Gasteiger partial charge in [-0.1, -0.05) is 0 Å². The third kappa shape index (κ3) is 3.95. The van der Waals surface area contributed by atoms with Crippen LogP contribution in [0.1, 0.15) is 11.4 Å². The van der Waals surface area contributed by atoms with Gasteiger partial charge in [-0.2, -0.15) is 5.10 Å². The van der Waals surface area contributed by atoms with E-state index in [4.69, 9.17) is 9.47 Å². The lowest BCUT2D eigenvalue weighted by Crippen LogP contribution is -2.38. The number of pyridine rings is 1. The van der Waals surface area contributed by atoms with Crippen molar-refractivity contribution in [3.8, 4) is 22.9 Å². The second-order valence-corrected chi connectivity index (χ2v) is 6.57. The zero-order chi connectivity index (χ0) is 19.3. The molecule has 0 spiro atoms. The number of fused-ring (bicyclic) bond motifs is 1. The second-order valence-electron chi connectivity index (χ2n) is 6.57. The Kier molecular flexibility index (Phi) is 5.18. The Morgan fingerprint density at radius 3 is 3.14 bits per heavy atom. The molecule has 144 valence electrons. The van der Waals surface area contributed by atoms with Crippen molar-refractivity contribution in [2.75, 3.05) is 20.3 Å². The van der Waals surface area contributed by atoms with Crippen LogP contribution < -0.4 is 14.8 Å². The fourth-order valence-corrected chi connectivity index (χ4v) is 3.15. The molecule has 1 amide bonds. The van der Waals surface area contributed by atoms with E-state index in [1.54, 1.807) is 19.5 Å². The molecule has 0 saturated heterocycles. The van der Waals surface area contributed by atoms with Crippen molar-refractivity contribution < 1.29 is 14.3 Å². The van der Waals surface area contributed by atoms with Crippen LogP contribution in [0, 0.1) is 5.92 Å². The fourth-order valence-electron chi connectivity index (χ4n) is 3.15. The van der Waals surface area contributed by atoms with E-state index in [0.717, 1.165) is 22.6 Å². The van der Waals surface area contributed by atoms with Crippen LogP contribution in [0.4, 0.5) is 0 Å². The highest BCUT2D eigenvalue weighted by Gasteiger charge is 2.26. The first kappa shape index (κ1) is 18.0. The molecule has 1 aliphatic rings. The SMILES string of the molecule is COc1ccc2c(c1)C[C@@H](C(=O)NCCc1nc(-c3cccnc3)n[nH]1)CO2. The van der Waals surface area contributed by atoms with Crippen LogP contribution in [0.15, 0.2) is 42.7 Å². The number of aromatic amines is 1. The van der Waals surface area contributed by atoms with Gasteiger partial charge in [0.2, 0.25) is 5.91 Å². The minimum absolute atomic E-state index is 0.0273. The van der Waals surface area contributed by atoms with Gasteiger partial charge in [-0.25, -0.2) is 4.98 Å². The Morgan fingerprint density at radius 1 is 1.39 bits per heavy atom. The molecule has 1 atom stereocenters. The second kappa shape index (κ2) is 8.08. The van der Waals surface area contributed by atoms with Crippen molar-refractivity contribution in [3.63, 3.8) is 0 Å². The number of carbonyl (C=O) groups excluding carboxylic acids is 1. The van der Waals surface area contributed by atoms with Gasteiger partial charge < -0.3 is 14.8 Å². The summed E-state index contributed by atoms with van der Waals surface area (Å²) in [5.74, 6) is 2.64. The first-order valence-corrected chi connectivity index (χ1v) is 9.12. The van der Waals surface area contributed by atoms with E-state index in [2.05, 4.69) is 25.5 Å². The number of rotatable bonds is 6. The number of aromatic nitrogens is 4. The number of ether oxygens (including phenoxy) is 2. The van der Waals surface area contributed by atoms with Gasteiger partial charge in [0, 0.05) is 30.9 Å². The summed E-state index contributed by atoms with van der Waals surface area (Å²) in [5, 5.41) is 10.1. The van der Waals surface area contributed by atoms with E-state index < -0.39 is 0 Å². The topological polar surface area (TPSA) is 102 Å². The molecule has 1 aromatic carbocycles. The van der Waals surface area contributed by atoms with Crippen molar-refractivity contribution in [3.05, 3.63) is 54.1 Å². The van der Waals surface area contributed by atoms with Crippen molar-refractivity contribution >= 4 is 5.91 Å². The highest BCUT2D eigenvalue weighted by atomic mass is 16.5. The van der Waals surface area contributed by atoms with E-state index in [-0.39, 0.29) is 11.8 Å². The molecular weight excluding hydrogens is 358 g/mol. The molecule has 0 unspecified atom stereocenters. The predicted octanol–water partition coefficient (Wildman–Crippen LogP) is 1.79. The largest absolute Gasteiger partial charge is 0.497 e. The van der Waals surface area contributed by atoms with Gasteiger partial charge in [-0.3, -0.25) is 14.9 Å². The summed E-state index contributed by atoms with van der Waals surface area (Å²) >= 11 is 0. The van der Waals surface area contributed by atoms with E-state index >= 15 is 0 Å². The zero-order valence-electron chi connectivity index (χ0n) is 15.5. The van der Waals surface area contributed by atoms with E-state index in [0.29, 0.717) is 37.6 Å². The molecule has 4 rings (SSSR count). The van der Waals surface area contributed by atoms with Gasteiger partial charge in [0.1, 0.15) is 23.9 Å². The average Bonchev–Trinajstić information content (AvgIpc) is 3.22. The van der Waals surface area contributed by atoms with Crippen molar-refractivity contribution in [1.29, 1.82) is 0 Å². The number of hydrogen-bond acceptors (Lipinski definition) is 6. The lowest BCUT2D eigenvalue weighted by atomic mass is 9.96. The third-order valence-corrected chi connectivity index (χ3v) is 4.66. The highest BCUT2D eigenvalue weighted by Crippen LogP contribution is 2.30. The first-order valence-electron chi connectivity index (χ1n) is 9.12. The number of hydrogen-bond donors (Lipinski definition) is 2. The van der Waals surface area contributed by atoms with E-state index in [9.17, 15) is 4.79 Å². The Morgan fingerprint density at radius 2 is 2.32 bits per heavy atom. The summed E-state index contributed by atoms with van der Waals surface area (Å²) in [4.78, 5) is 21.0. The smallest absolute Gasteiger partial charge is 0.226 e. The maximum Gasteiger partial charge on any atom is 0.226 e. The molecule has 0 saturated carbocycles. The summed E-state index contributed by atoms with van der Waals surface area (Å²) in [6, 6.07) is 9.40. The van der Waals surface area contributed by atoms with Crippen LogP contribution in [0.25, 0.3) is 11.4 Å². The van der Waals surface area contributed by atoms with E-state index in [1.807, 2.05) is 30.3 Å². The summed E-state index contributed by atoms with van der Waals surface area (Å²) in [5.41, 5.74) is 1.84. The molecule has 2 N–H and O–H groups in total. The average molecular weight is 379 g/mol. The molecule has 1 aliphatic heterocycles. The fraction of sp³-hybridized carbons (Fsp3) is 0.300. The van der Waals surface area contributed by atoms with Gasteiger partial charge in [0.25, 0.3) is 0 Å². The Labute approximate surface area is 162 Å². The number of H-pyrrole nitrogens is 1. The first-order chi connectivity index (χ1) is 13.7. The van der Waals surface area contributed by atoms with Gasteiger partial charge in [-0.15, -0.1) is 0 Å². The van der Waals surface area contributed by atoms with Crippen molar-refractivity contribution in [1.82, 2.24) is 25.5 Å². The zero-order valence-corrected chi connectivity index (χ0v) is 15.5. The summed E-state index contributed by atoms with van der Waals surface area (Å²) in [6.07, 6.45) is 4.61. The molecule has 0 radical (unpaired) electrons. The summed E-state index contributed by atoms with van der Waals surface area (Å²) in [6.45, 7) is 0.848. The van der Waals surface area contributed by atoms with E-state index in [1.165, 1.54) is 0 Å². The maximum absolute atomic E-state index is 12.5. The number of benzene rings is 1. The van der Waals surface area contributed by atoms with Crippen LogP contribution >= 0.6 is 0 Å². The summed E-state index contributed by atoms with van der Waals surface area (Å²) < 4.78 is 11.0. The minimum Gasteiger partial charge on any atom is -0.497 e. The monoisotopic (exact) mass is 379 g/mol. The molecule has 2 aromatic heterocycles. The Bertz CT molecular complexity index is 957. The molecule has 8 heteroatoms. The standard InChI is InChI=1S/C20H21N5O3/c1-27-16-4-5-17-14(10-16)9-15(12-28-17)20(26)22-8-6-18-23-19(25-24-18)13-3-2-7-21-11-13/h2-5,7,10-11,15H,6,8-9,12H2,1H3,(H,22,26)(H,23,24,25)/t15-/m1/s1. The predicted molar refractivity (Wildman–Crippen MR) is 102 cm³/mol. The molecule has 3 heterocycles. The van der Waals surface area contributed by atoms with Crippen LogP contribution in [0.5, 0.6) is 11.5 Å². The van der Waals surface area contributed by atoms with Crippen LogP contribution in [0.3, 0.4) is 0 Å². The number of nitrogens with one attached hydrogen (secondary N) is 2. The lowest BCUT2D eigenvalue weighted by Gasteiger charge is -2.25. The Balaban J connectivity index is 1.30. The van der Waals surface area contributed by atoms with Gasteiger partial charge >= 0.3 is 0 Å². The molecule has 28 heavy (non-hydrogen) atoms.